The summed E-state index contributed by atoms with van der Waals surface area (Å²) in [6, 6.07) is 5.13. The Hall–Kier alpha value is -1.09. The normalized spacial score (nSPS) is 21.0. The summed E-state index contributed by atoms with van der Waals surface area (Å²) in [6.45, 7) is 3.06. The summed E-state index contributed by atoms with van der Waals surface area (Å²) in [4.78, 5) is 2.24. The van der Waals surface area contributed by atoms with E-state index in [0.29, 0.717) is 11.6 Å². The van der Waals surface area contributed by atoms with Crippen molar-refractivity contribution >= 4 is 5.69 Å². The molecule has 1 atom stereocenters. The van der Waals surface area contributed by atoms with Gasteiger partial charge in [0.2, 0.25) is 0 Å². The fraction of sp³-hybridized carbons (Fsp3) is 0.500. The lowest BCUT2D eigenvalue weighted by molar-refractivity contribution is 0.281. The Morgan fingerprint density at radius 3 is 2.93 bits per heavy atom. The molecule has 2 nitrogen and oxygen atoms in total. The van der Waals surface area contributed by atoms with E-state index in [1.807, 2.05) is 0 Å². The zero-order valence-corrected chi connectivity index (χ0v) is 8.91. The van der Waals surface area contributed by atoms with E-state index >= 15 is 0 Å². The van der Waals surface area contributed by atoms with Crippen molar-refractivity contribution in [2.24, 2.45) is 0 Å². The fourth-order valence-electron chi connectivity index (χ4n) is 2.25. The van der Waals surface area contributed by atoms with Crippen LogP contribution < -0.4 is 4.90 Å². The highest BCUT2D eigenvalue weighted by Gasteiger charge is 2.22. The van der Waals surface area contributed by atoms with E-state index in [4.69, 9.17) is 0 Å². The average molecular weight is 209 g/mol. The van der Waals surface area contributed by atoms with Crippen LogP contribution >= 0.6 is 0 Å². The number of anilines is 1. The predicted molar refractivity (Wildman–Crippen MR) is 58.4 cm³/mol. The zero-order valence-electron chi connectivity index (χ0n) is 8.91. The topological polar surface area (TPSA) is 23.5 Å². The molecule has 1 saturated heterocycles. The van der Waals surface area contributed by atoms with E-state index in [1.54, 1.807) is 6.07 Å². The van der Waals surface area contributed by atoms with E-state index in [2.05, 4.69) is 11.8 Å². The Morgan fingerprint density at radius 2 is 2.33 bits per heavy atom. The van der Waals surface area contributed by atoms with Crippen LogP contribution in [0.1, 0.15) is 25.3 Å². The molecule has 0 aliphatic carbocycles. The maximum absolute atomic E-state index is 13.0. The van der Waals surface area contributed by atoms with Crippen molar-refractivity contribution < 1.29 is 9.50 Å². The van der Waals surface area contributed by atoms with Gasteiger partial charge in [0, 0.05) is 23.8 Å². The molecule has 1 heterocycles. The highest BCUT2D eigenvalue weighted by atomic mass is 19.1. The zero-order chi connectivity index (χ0) is 10.8. The number of nitrogens with zero attached hydrogens (tertiary/aromatic N) is 1. The van der Waals surface area contributed by atoms with Crippen molar-refractivity contribution in [2.45, 2.75) is 32.4 Å². The summed E-state index contributed by atoms with van der Waals surface area (Å²) in [5, 5.41) is 9.20. The second-order valence-electron chi connectivity index (χ2n) is 4.12. The molecule has 15 heavy (non-hydrogen) atoms. The van der Waals surface area contributed by atoms with Crippen molar-refractivity contribution in [3.63, 3.8) is 0 Å². The van der Waals surface area contributed by atoms with Gasteiger partial charge < -0.3 is 10.0 Å². The Labute approximate surface area is 89.3 Å². The molecule has 2 rings (SSSR count). The number of hydrogen-bond donors (Lipinski definition) is 1. The second-order valence-corrected chi connectivity index (χ2v) is 4.12. The molecule has 0 saturated carbocycles. The standard InChI is InChI=1S/C12H16FNO/c1-9-3-2-6-14(9)12-5-4-11(13)7-10(12)8-15/h4-5,7,9,15H,2-3,6,8H2,1H3. The first-order valence-electron chi connectivity index (χ1n) is 5.38. The maximum Gasteiger partial charge on any atom is 0.123 e. The molecule has 1 fully saturated rings. The molecule has 0 radical (unpaired) electrons. The van der Waals surface area contributed by atoms with Crippen LogP contribution in [0.5, 0.6) is 0 Å². The van der Waals surface area contributed by atoms with E-state index in [9.17, 15) is 9.50 Å². The summed E-state index contributed by atoms with van der Waals surface area (Å²) in [5.74, 6) is -0.283. The van der Waals surface area contributed by atoms with Crippen LogP contribution in [0.2, 0.25) is 0 Å². The summed E-state index contributed by atoms with van der Waals surface area (Å²) in [6.07, 6.45) is 2.34. The van der Waals surface area contributed by atoms with E-state index in [0.717, 1.165) is 12.2 Å². The van der Waals surface area contributed by atoms with Crippen molar-refractivity contribution in [2.75, 3.05) is 11.4 Å². The predicted octanol–water partition coefficient (Wildman–Crippen LogP) is 2.31. The molecule has 0 spiro atoms. The van der Waals surface area contributed by atoms with Crippen molar-refractivity contribution in [3.05, 3.63) is 29.6 Å². The van der Waals surface area contributed by atoms with E-state index in [1.165, 1.54) is 25.0 Å². The molecule has 0 amide bonds. The minimum absolute atomic E-state index is 0.101. The number of halogens is 1. The fourth-order valence-corrected chi connectivity index (χ4v) is 2.25. The molecule has 0 bridgehead atoms. The molecule has 1 aromatic rings. The quantitative estimate of drug-likeness (QED) is 0.808. The number of hydrogen-bond acceptors (Lipinski definition) is 2. The molecule has 1 aliphatic rings. The summed E-state index contributed by atoms with van der Waals surface area (Å²) < 4.78 is 13.0. The lowest BCUT2D eigenvalue weighted by Gasteiger charge is -2.26. The van der Waals surface area contributed by atoms with Gasteiger partial charge in [-0.15, -0.1) is 0 Å². The van der Waals surface area contributed by atoms with Crippen molar-refractivity contribution in [3.8, 4) is 0 Å². The Bertz CT molecular complexity index is 353. The third-order valence-electron chi connectivity index (χ3n) is 3.07. The van der Waals surface area contributed by atoms with Crippen molar-refractivity contribution in [1.29, 1.82) is 0 Å². The van der Waals surface area contributed by atoms with Gasteiger partial charge in [0.05, 0.1) is 6.61 Å². The molecular formula is C12H16FNO. The summed E-state index contributed by atoms with van der Waals surface area (Å²) >= 11 is 0. The van der Waals surface area contributed by atoms with Gasteiger partial charge >= 0.3 is 0 Å². The smallest absolute Gasteiger partial charge is 0.123 e. The highest BCUT2D eigenvalue weighted by Crippen LogP contribution is 2.29. The molecule has 1 aliphatic heterocycles. The number of benzene rings is 1. The van der Waals surface area contributed by atoms with Gasteiger partial charge in [-0.3, -0.25) is 0 Å². The number of aliphatic hydroxyl groups is 1. The Morgan fingerprint density at radius 1 is 1.53 bits per heavy atom. The monoisotopic (exact) mass is 209 g/mol. The first-order chi connectivity index (χ1) is 7.22. The SMILES string of the molecule is CC1CCCN1c1ccc(F)cc1CO. The first-order valence-corrected chi connectivity index (χ1v) is 5.38. The lowest BCUT2D eigenvalue weighted by atomic mass is 10.1. The van der Waals surface area contributed by atoms with Crippen LogP contribution in [0.3, 0.4) is 0 Å². The van der Waals surface area contributed by atoms with Gasteiger partial charge in [0.25, 0.3) is 0 Å². The summed E-state index contributed by atoms with van der Waals surface area (Å²) in [7, 11) is 0. The molecule has 82 valence electrons. The van der Waals surface area contributed by atoms with Crippen LogP contribution in [0.25, 0.3) is 0 Å². The largest absolute Gasteiger partial charge is 0.392 e. The van der Waals surface area contributed by atoms with Crippen LogP contribution in [0.4, 0.5) is 10.1 Å². The van der Waals surface area contributed by atoms with Crippen LogP contribution in [-0.4, -0.2) is 17.7 Å². The highest BCUT2D eigenvalue weighted by molar-refractivity contribution is 5.55. The van der Waals surface area contributed by atoms with Gasteiger partial charge in [-0.25, -0.2) is 4.39 Å². The molecule has 1 aromatic carbocycles. The Kier molecular flexibility index (Phi) is 2.91. The third-order valence-corrected chi connectivity index (χ3v) is 3.07. The minimum atomic E-state index is -0.283. The molecule has 3 heteroatoms. The molecular weight excluding hydrogens is 193 g/mol. The van der Waals surface area contributed by atoms with Gasteiger partial charge in [0.1, 0.15) is 5.82 Å². The van der Waals surface area contributed by atoms with Gasteiger partial charge in [0.15, 0.2) is 0 Å². The maximum atomic E-state index is 13.0. The minimum Gasteiger partial charge on any atom is -0.392 e. The van der Waals surface area contributed by atoms with E-state index in [-0.39, 0.29) is 12.4 Å². The Balaban J connectivity index is 2.34. The van der Waals surface area contributed by atoms with Gasteiger partial charge in [-0.05, 0) is 38.0 Å². The number of rotatable bonds is 2. The van der Waals surface area contributed by atoms with Crippen LogP contribution in [0, 0.1) is 5.82 Å². The molecule has 1 unspecified atom stereocenters. The third kappa shape index (κ3) is 1.97. The second kappa shape index (κ2) is 4.19. The van der Waals surface area contributed by atoms with Gasteiger partial charge in [-0.2, -0.15) is 0 Å². The van der Waals surface area contributed by atoms with Crippen LogP contribution in [0.15, 0.2) is 18.2 Å². The van der Waals surface area contributed by atoms with Crippen molar-refractivity contribution in [1.82, 2.24) is 0 Å². The van der Waals surface area contributed by atoms with Gasteiger partial charge in [-0.1, -0.05) is 0 Å². The van der Waals surface area contributed by atoms with E-state index < -0.39 is 0 Å². The molecule has 0 aromatic heterocycles. The average Bonchev–Trinajstić information content (AvgIpc) is 2.64. The van der Waals surface area contributed by atoms with Crippen LogP contribution in [-0.2, 0) is 6.61 Å². The lowest BCUT2D eigenvalue weighted by Crippen LogP contribution is -2.27. The first kappa shape index (κ1) is 10.4. The summed E-state index contributed by atoms with van der Waals surface area (Å²) in [5.41, 5.74) is 1.66. The number of aliphatic hydroxyl groups excluding tert-OH is 1. The molecule has 1 N–H and O–H groups in total.